The van der Waals surface area contributed by atoms with Crippen LogP contribution in [-0.2, 0) is 11.2 Å². The summed E-state index contributed by atoms with van der Waals surface area (Å²) in [6, 6.07) is 18.4. The lowest BCUT2D eigenvalue weighted by molar-refractivity contribution is -0.111. The number of amides is 1. The lowest BCUT2D eigenvalue weighted by Crippen LogP contribution is -2.07. The van der Waals surface area contributed by atoms with Crippen molar-refractivity contribution in [3.05, 3.63) is 81.6 Å². The number of nitrogens with one attached hydrogen (secondary N) is 1. The monoisotopic (exact) mass is 393 g/mol. The van der Waals surface area contributed by atoms with Gasteiger partial charge in [0.25, 0.3) is 0 Å². The third-order valence-electron chi connectivity index (χ3n) is 4.33. The Bertz CT molecular complexity index is 1020. The standard InChI is InChI=1S/C22H19NO2S2/c1-14-3-9-18(26-14)11-15-4-10-19-21(12-15)27-20(13-22(24)23-19)16-5-7-17(25-2)8-6-16/h3-10,12-13H,11H2,1-2H3,(H,23,24). The maximum Gasteiger partial charge on any atom is 0.249 e. The molecule has 1 aromatic heterocycles. The van der Waals surface area contributed by atoms with E-state index in [0.717, 1.165) is 33.2 Å². The lowest BCUT2D eigenvalue weighted by Gasteiger charge is -2.10. The summed E-state index contributed by atoms with van der Waals surface area (Å²) < 4.78 is 5.23. The minimum atomic E-state index is -0.103. The molecule has 0 unspecified atom stereocenters. The number of carbonyl (C=O) groups is 1. The highest BCUT2D eigenvalue weighted by Crippen LogP contribution is 2.41. The predicted octanol–water partition coefficient (Wildman–Crippen LogP) is 5.74. The van der Waals surface area contributed by atoms with Crippen LogP contribution in [0.1, 0.15) is 20.9 Å². The second-order valence-corrected chi connectivity index (χ2v) is 8.80. The van der Waals surface area contributed by atoms with Crippen molar-refractivity contribution in [1.29, 1.82) is 0 Å². The van der Waals surface area contributed by atoms with Gasteiger partial charge in [0.1, 0.15) is 5.75 Å². The minimum absolute atomic E-state index is 0.103. The molecule has 1 amide bonds. The first-order chi connectivity index (χ1) is 13.1. The second-order valence-electron chi connectivity index (χ2n) is 6.35. The smallest absolute Gasteiger partial charge is 0.249 e. The average Bonchev–Trinajstić information content (AvgIpc) is 2.99. The number of rotatable bonds is 4. The number of thiophene rings is 1. The van der Waals surface area contributed by atoms with E-state index in [1.54, 1.807) is 24.9 Å². The summed E-state index contributed by atoms with van der Waals surface area (Å²) in [6.07, 6.45) is 2.57. The molecule has 4 rings (SSSR count). The molecule has 27 heavy (non-hydrogen) atoms. The fraction of sp³-hybridized carbons (Fsp3) is 0.136. The van der Waals surface area contributed by atoms with Crippen LogP contribution in [0.25, 0.3) is 4.91 Å². The van der Waals surface area contributed by atoms with E-state index < -0.39 is 0 Å². The number of fused-ring (bicyclic) bond motifs is 1. The number of aryl methyl sites for hydroxylation is 1. The van der Waals surface area contributed by atoms with Crippen LogP contribution >= 0.6 is 23.1 Å². The highest BCUT2D eigenvalue weighted by atomic mass is 32.2. The Morgan fingerprint density at radius 2 is 1.85 bits per heavy atom. The zero-order valence-corrected chi connectivity index (χ0v) is 16.7. The van der Waals surface area contributed by atoms with Gasteiger partial charge >= 0.3 is 0 Å². The summed E-state index contributed by atoms with van der Waals surface area (Å²) >= 11 is 3.44. The summed E-state index contributed by atoms with van der Waals surface area (Å²) in [7, 11) is 1.65. The van der Waals surface area contributed by atoms with E-state index in [9.17, 15) is 4.79 Å². The Labute approximate surface area is 167 Å². The van der Waals surface area contributed by atoms with Crippen molar-refractivity contribution in [1.82, 2.24) is 0 Å². The molecule has 2 heterocycles. The van der Waals surface area contributed by atoms with E-state index in [2.05, 4.69) is 36.5 Å². The van der Waals surface area contributed by atoms with Crippen LogP contribution in [0.3, 0.4) is 0 Å². The number of benzene rings is 2. The molecule has 0 saturated heterocycles. The van der Waals surface area contributed by atoms with Crippen molar-refractivity contribution in [2.75, 3.05) is 12.4 Å². The van der Waals surface area contributed by atoms with E-state index in [4.69, 9.17) is 4.74 Å². The zero-order chi connectivity index (χ0) is 18.8. The van der Waals surface area contributed by atoms with Crippen molar-refractivity contribution in [3.8, 4) is 5.75 Å². The molecule has 1 aliphatic rings. The summed E-state index contributed by atoms with van der Waals surface area (Å²) in [5.74, 6) is 0.699. The first-order valence-electron chi connectivity index (χ1n) is 8.64. The molecule has 0 atom stereocenters. The number of carbonyl (C=O) groups excluding carboxylic acids is 1. The van der Waals surface area contributed by atoms with Crippen molar-refractivity contribution in [2.45, 2.75) is 18.2 Å². The van der Waals surface area contributed by atoms with Crippen LogP contribution in [0, 0.1) is 6.92 Å². The summed E-state index contributed by atoms with van der Waals surface area (Å²) in [6.45, 7) is 2.13. The molecule has 0 aliphatic carbocycles. The fourth-order valence-corrected chi connectivity index (χ4v) is 5.00. The first-order valence-corrected chi connectivity index (χ1v) is 10.3. The van der Waals surface area contributed by atoms with Crippen LogP contribution in [0.4, 0.5) is 5.69 Å². The third-order valence-corrected chi connectivity index (χ3v) is 6.47. The van der Waals surface area contributed by atoms with Gasteiger partial charge in [-0.05, 0) is 54.4 Å². The van der Waals surface area contributed by atoms with Gasteiger partial charge in [-0.1, -0.05) is 30.0 Å². The van der Waals surface area contributed by atoms with E-state index in [-0.39, 0.29) is 5.91 Å². The van der Waals surface area contributed by atoms with Gasteiger partial charge in [-0.25, -0.2) is 0 Å². The maximum absolute atomic E-state index is 12.3. The highest BCUT2D eigenvalue weighted by Gasteiger charge is 2.17. The van der Waals surface area contributed by atoms with E-state index in [1.165, 1.54) is 15.3 Å². The molecule has 0 fully saturated rings. The van der Waals surface area contributed by atoms with E-state index >= 15 is 0 Å². The normalized spacial score (nSPS) is 13.4. The summed E-state index contributed by atoms with van der Waals surface area (Å²) in [4.78, 5) is 17.0. The number of hydrogen-bond acceptors (Lipinski definition) is 4. The second kappa shape index (κ2) is 7.62. The molecule has 136 valence electrons. The third kappa shape index (κ3) is 4.10. The van der Waals surface area contributed by atoms with Gasteiger partial charge in [-0.15, -0.1) is 11.3 Å². The zero-order valence-electron chi connectivity index (χ0n) is 15.1. The lowest BCUT2D eigenvalue weighted by atomic mass is 10.1. The number of thioether (sulfide) groups is 1. The Morgan fingerprint density at radius 1 is 1.04 bits per heavy atom. The molecule has 3 aromatic rings. The number of hydrogen-bond donors (Lipinski definition) is 1. The number of anilines is 1. The minimum Gasteiger partial charge on any atom is -0.497 e. The largest absolute Gasteiger partial charge is 0.497 e. The molecular formula is C22H19NO2S2. The van der Waals surface area contributed by atoms with Crippen molar-refractivity contribution in [3.63, 3.8) is 0 Å². The Hall–Kier alpha value is -2.50. The Morgan fingerprint density at radius 3 is 2.56 bits per heavy atom. The highest BCUT2D eigenvalue weighted by molar-refractivity contribution is 8.08. The molecule has 2 aromatic carbocycles. The van der Waals surface area contributed by atoms with Gasteiger partial charge in [0, 0.05) is 32.1 Å². The fourth-order valence-electron chi connectivity index (χ4n) is 2.98. The Kier molecular flexibility index (Phi) is 5.05. The SMILES string of the molecule is COc1ccc(C2=CC(=O)Nc3ccc(Cc4ccc(C)s4)cc3S2)cc1. The van der Waals surface area contributed by atoms with Crippen molar-refractivity contribution in [2.24, 2.45) is 0 Å². The quantitative estimate of drug-likeness (QED) is 0.614. The van der Waals surface area contributed by atoms with Crippen molar-refractivity contribution < 1.29 is 9.53 Å². The van der Waals surface area contributed by atoms with Crippen LogP contribution in [0.15, 0.2) is 65.6 Å². The van der Waals surface area contributed by atoms with Gasteiger partial charge < -0.3 is 10.1 Å². The summed E-state index contributed by atoms with van der Waals surface area (Å²) in [5.41, 5.74) is 3.10. The van der Waals surface area contributed by atoms with Gasteiger partial charge in [0.15, 0.2) is 0 Å². The molecule has 5 heteroatoms. The number of ether oxygens (including phenoxy) is 1. The van der Waals surface area contributed by atoms with E-state index in [0.29, 0.717) is 0 Å². The molecule has 0 spiro atoms. The molecule has 0 radical (unpaired) electrons. The molecule has 3 nitrogen and oxygen atoms in total. The first kappa shape index (κ1) is 17.9. The van der Waals surface area contributed by atoms with Gasteiger partial charge in [-0.2, -0.15) is 0 Å². The number of methoxy groups -OCH3 is 1. The van der Waals surface area contributed by atoms with Crippen LogP contribution in [-0.4, -0.2) is 13.0 Å². The molecular weight excluding hydrogens is 374 g/mol. The van der Waals surface area contributed by atoms with Crippen molar-refractivity contribution >= 4 is 39.6 Å². The molecule has 1 aliphatic heterocycles. The summed E-state index contributed by atoms with van der Waals surface area (Å²) in [5, 5.41) is 2.98. The molecule has 1 N–H and O–H groups in total. The van der Waals surface area contributed by atoms with Crippen LogP contribution in [0.5, 0.6) is 5.75 Å². The predicted molar refractivity (Wildman–Crippen MR) is 114 cm³/mol. The average molecular weight is 394 g/mol. The maximum atomic E-state index is 12.3. The van der Waals surface area contributed by atoms with Crippen LogP contribution < -0.4 is 10.1 Å². The van der Waals surface area contributed by atoms with Gasteiger partial charge in [0.05, 0.1) is 12.8 Å². The molecule has 0 bridgehead atoms. The Balaban J connectivity index is 1.63. The van der Waals surface area contributed by atoms with Gasteiger partial charge in [0.2, 0.25) is 5.91 Å². The molecule has 0 saturated carbocycles. The van der Waals surface area contributed by atoms with Gasteiger partial charge in [-0.3, -0.25) is 4.79 Å². The van der Waals surface area contributed by atoms with E-state index in [1.807, 2.05) is 41.7 Å². The van der Waals surface area contributed by atoms with Crippen LogP contribution in [0.2, 0.25) is 0 Å². The topological polar surface area (TPSA) is 38.3 Å².